The minimum absolute atomic E-state index is 0.0369. The summed E-state index contributed by atoms with van der Waals surface area (Å²) in [6.45, 7) is 3.26. The Morgan fingerprint density at radius 1 is 1.40 bits per heavy atom. The molecule has 104 valence electrons. The summed E-state index contributed by atoms with van der Waals surface area (Å²) in [5.74, 6) is -0.197. The van der Waals surface area contributed by atoms with Gasteiger partial charge >= 0.3 is 0 Å². The molecule has 2 N–H and O–H groups in total. The molecule has 1 aromatic carbocycles. The number of rotatable bonds is 5. The van der Waals surface area contributed by atoms with Crippen molar-refractivity contribution in [1.82, 2.24) is 15.2 Å². The zero-order valence-electron chi connectivity index (χ0n) is 11.1. The summed E-state index contributed by atoms with van der Waals surface area (Å²) in [5, 5.41) is 9.45. The summed E-state index contributed by atoms with van der Waals surface area (Å²) in [7, 11) is 0. The second kappa shape index (κ2) is 6.33. The minimum atomic E-state index is -0.330. The molecule has 1 aromatic heterocycles. The molecule has 0 radical (unpaired) electrons. The average molecular weight is 290 g/mol. The Hall–Kier alpha value is -2.15. The van der Waals surface area contributed by atoms with Crippen molar-refractivity contribution in [3.8, 4) is 0 Å². The Labute approximate surface area is 120 Å². The molecule has 1 amide bonds. The van der Waals surface area contributed by atoms with Gasteiger partial charge in [0.15, 0.2) is 10.9 Å². The van der Waals surface area contributed by atoms with E-state index >= 15 is 0 Å². The molecule has 0 unspecified atom stereocenters. The molecule has 0 aliphatic carbocycles. The summed E-state index contributed by atoms with van der Waals surface area (Å²) < 4.78 is 0. The second-order valence-electron chi connectivity index (χ2n) is 4.18. The minimum Gasteiger partial charge on any atom is -0.325 e. The second-order valence-corrected chi connectivity index (χ2v) is 5.51. The summed E-state index contributed by atoms with van der Waals surface area (Å²) in [6.07, 6.45) is 1.39. The van der Waals surface area contributed by atoms with E-state index in [1.165, 1.54) is 25.0 Å². The summed E-state index contributed by atoms with van der Waals surface area (Å²) in [5.41, 5.74) is 1.17. The standard InChI is InChI=1S/C13H14N4O2S/c1-8(18)10-4-3-5-11(6-10)16-12(19)9(2)20-13-14-7-15-17-13/h3-7,9H,1-2H3,(H,16,19)(H,14,15,17)/t9-/m0/s1. The van der Waals surface area contributed by atoms with Crippen molar-refractivity contribution < 1.29 is 9.59 Å². The normalized spacial score (nSPS) is 11.9. The number of hydrogen-bond donors (Lipinski definition) is 2. The molecule has 6 nitrogen and oxygen atoms in total. The fourth-order valence-electron chi connectivity index (χ4n) is 1.53. The van der Waals surface area contributed by atoms with Crippen LogP contribution in [0.25, 0.3) is 0 Å². The van der Waals surface area contributed by atoms with Gasteiger partial charge in [-0.2, -0.15) is 5.10 Å². The van der Waals surface area contributed by atoms with Crippen LogP contribution in [0.4, 0.5) is 5.69 Å². The number of nitrogens with zero attached hydrogens (tertiary/aromatic N) is 2. The van der Waals surface area contributed by atoms with Gasteiger partial charge in [-0.25, -0.2) is 4.98 Å². The number of amides is 1. The van der Waals surface area contributed by atoms with E-state index in [0.717, 1.165) is 0 Å². The molecular formula is C13H14N4O2S. The SMILES string of the molecule is CC(=O)c1cccc(NC(=O)[C@H](C)Sc2ncn[nH]2)c1. The number of carbonyl (C=O) groups excluding carboxylic acids is 2. The van der Waals surface area contributed by atoms with E-state index in [9.17, 15) is 9.59 Å². The lowest BCUT2D eigenvalue weighted by Crippen LogP contribution is -2.22. The van der Waals surface area contributed by atoms with E-state index in [-0.39, 0.29) is 16.9 Å². The topological polar surface area (TPSA) is 87.7 Å². The smallest absolute Gasteiger partial charge is 0.237 e. The van der Waals surface area contributed by atoms with E-state index in [2.05, 4.69) is 20.5 Å². The van der Waals surface area contributed by atoms with Gasteiger partial charge in [-0.3, -0.25) is 14.7 Å². The quantitative estimate of drug-likeness (QED) is 0.650. The average Bonchev–Trinajstić information content (AvgIpc) is 2.91. The highest BCUT2D eigenvalue weighted by atomic mass is 32.2. The highest BCUT2D eigenvalue weighted by molar-refractivity contribution is 8.00. The van der Waals surface area contributed by atoms with Gasteiger partial charge < -0.3 is 5.32 Å². The maximum atomic E-state index is 12.0. The van der Waals surface area contributed by atoms with Crippen LogP contribution >= 0.6 is 11.8 Å². The third-order valence-corrected chi connectivity index (χ3v) is 3.57. The Kier molecular flexibility index (Phi) is 4.52. The molecule has 1 heterocycles. The number of aromatic amines is 1. The number of anilines is 1. The van der Waals surface area contributed by atoms with Crippen LogP contribution in [-0.2, 0) is 4.79 Å². The van der Waals surface area contributed by atoms with Crippen molar-refractivity contribution in [2.75, 3.05) is 5.32 Å². The first-order valence-corrected chi connectivity index (χ1v) is 6.88. The van der Waals surface area contributed by atoms with Crippen molar-refractivity contribution in [3.05, 3.63) is 36.2 Å². The number of H-pyrrole nitrogens is 1. The lowest BCUT2D eigenvalue weighted by molar-refractivity contribution is -0.115. The largest absolute Gasteiger partial charge is 0.325 e. The Balaban J connectivity index is 2.00. The highest BCUT2D eigenvalue weighted by Crippen LogP contribution is 2.20. The van der Waals surface area contributed by atoms with E-state index in [0.29, 0.717) is 16.4 Å². The fourth-order valence-corrected chi connectivity index (χ4v) is 2.25. The maximum Gasteiger partial charge on any atom is 0.237 e. The molecule has 0 fully saturated rings. The number of benzene rings is 1. The maximum absolute atomic E-state index is 12.0. The van der Waals surface area contributed by atoms with Crippen molar-refractivity contribution in [1.29, 1.82) is 0 Å². The van der Waals surface area contributed by atoms with Crippen molar-refractivity contribution in [2.45, 2.75) is 24.3 Å². The Morgan fingerprint density at radius 2 is 2.20 bits per heavy atom. The van der Waals surface area contributed by atoms with Gasteiger partial charge in [-0.1, -0.05) is 23.9 Å². The summed E-state index contributed by atoms with van der Waals surface area (Å²) in [4.78, 5) is 27.3. The molecule has 0 spiro atoms. The van der Waals surface area contributed by atoms with Gasteiger partial charge in [0.25, 0.3) is 0 Å². The van der Waals surface area contributed by atoms with Crippen LogP contribution in [0.1, 0.15) is 24.2 Å². The molecule has 2 rings (SSSR count). The number of carbonyl (C=O) groups is 2. The summed E-state index contributed by atoms with van der Waals surface area (Å²) in [6, 6.07) is 6.85. The van der Waals surface area contributed by atoms with Gasteiger partial charge in [-0.05, 0) is 26.0 Å². The fraction of sp³-hybridized carbons (Fsp3) is 0.231. The van der Waals surface area contributed by atoms with Crippen LogP contribution in [0.5, 0.6) is 0 Å². The van der Waals surface area contributed by atoms with Crippen molar-refractivity contribution in [3.63, 3.8) is 0 Å². The third kappa shape index (κ3) is 3.67. The van der Waals surface area contributed by atoms with E-state index in [4.69, 9.17) is 0 Å². The number of thioether (sulfide) groups is 1. The predicted molar refractivity (Wildman–Crippen MR) is 76.8 cm³/mol. The van der Waals surface area contributed by atoms with Gasteiger partial charge in [0, 0.05) is 11.3 Å². The highest BCUT2D eigenvalue weighted by Gasteiger charge is 2.16. The zero-order chi connectivity index (χ0) is 14.5. The molecule has 20 heavy (non-hydrogen) atoms. The van der Waals surface area contributed by atoms with Crippen LogP contribution in [0.3, 0.4) is 0 Å². The number of Topliss-reactive ketones (excluding diaryl/α,β-unsaturated/α-hetero) is 1. The first-order chi connectivity index (χ1) is 9.56. The van der Waals surface area contributed by atoms with Crippen LogP contribution in [0, 0.1) is 0 Å². The van der Waals surface area contributed by atoms with Crippen LogP contribution < -0.4 is 5.32 Å². The monoisotopic (exact) mass is 290 g/mol. The molecule has 1 atom stereocenters. The Morgan fingerprint density at radius 3 is 2.85 bits per heavy atom. The van der Waals surface area contributed by atoms with Crippen molar-refractivity contribution in [2.24, 2.45) is 0 Å². The van der Waals surface area contributed by atoms with Crippen molar-refractivity contribution >= 4 is 29.1 Å². The van der Waals surface area contributed by atoms with Crippen LogP contribution in [-0.4, -0.2) is 32.1 Å². The third-order valence-electron chi connectivity index (χ3n) is 2.59. The molecular weight excluding hydrogens is 276 g/mol. The molecule has 7 heteroatoms. The van der Waals surface area contributed by atoms with Crippen LogP contribution in [0.2, 0.25) is 0 Å². The molecule has 0 bridgehead atoms. The van der Waals surface area contributed by atoms with Gasteiger partial charge in [0.2, 0.25) is 5.91 Å². The number of nitrogens with one attached hydrogen (secondary N) is 2. The number of hydrogen-bond acceptors (Lipinski definition) is 5. The summed E-state index contributed by atoms with van der Waals surface area (Å²) >= 11 is 1.28. The lowest BCUT2D eigenvalue weighted by Gasteiger charge is -2.10. The first-order valence-electron chi connectivity index (χ1n) is 6.00. The molecule has 0 saturated carbocycles. The van der Waals surface area contributed by atoms with Crippen LogP contribution in [0.15, 0.2) is 35.7 Å². The lowest BCUT2D eigenvalue weighted by atomic mass is 10.1. The van der Waals surface area contributed by atoms with E-state index in [1.54, 1.807) is 31.2 Å². The van der Waals surface area contributed by atoms with E-state index < -0.39 is 0 Å². The zero-order valence-corrected chi connectivity index (χ0v) is 11.9. The molecule has 2 aromatic rings. The van der Waals surface area contributed by atoms with E-state index in [1.807, 2.05) is 0 Å². The van der Waals surface area contributed by atoms with Gasteiger partial charge in [0.1, 0.15) is 6.33 Å². The Bertz CT molecular complexity index is 613. The first kappa shape index (κ1) is 14.3. The molecule has 0 saturated heterocycles. The number of aromatic nitrogens is 3. The number of ketones is 1. The van der Waals surface area contributed by atoms with Gasteiger partial charge in [0.05, 0.1) is 5.25 Å². The molecule has 0 aliphatic heterocycles. The van der Waals surface area contributed by atoms with Gasteiger partial charge in [-0.15, -0.1) is 0 Å². The predicted octanol–water partition coefficient (Wildman–Crippen LogP) is 2.13. The molecule has 0 aliphatic rings.